The molecule has 0 bridgehead atoms. The monoisotopic (exact) mass is 270 g/mol. The minimum absolute atomic E-state index is 0.101. The van der Waals surface area contributed by atoms with E-state index in [1.807, 2.05) is 35.7 Å². The van der Waals surface area contributed by atoms with Crippen LogP contribution in [0.15, 0.2) is 58.8 Å². The molecule has 2 aromatic rings. The smallest absolute Gasteiger partial charge is 0.270 e. The molecule has 1 aliphatic rings. The molecule has 0 saturated heterocycles. The van der Waals surface area contributed by atoms with Crippen LogP contribution in [0.3, 0.4) is 0 Å². The first-order valence-corrected chi connectivity index (χ1v) is 6.60. The number of benzene rings is 2. The number of nitro benzene ring substituents is 1. The molecule has 0 amide bonds. The van der Waals surface area contributed by atoms with Crippen molar-refractivity contribution < 1.29 is 4.92 Å². The van der Waals surface area contributed by atoms with Crippen LogP contribution in [0, 0.1) is 10.1 Å². The van der Waals surface area contributed by atoms with E-state index in [-0.39, 0.29) is 10.6 Å². The van der Waals surface area contributed by atoms with Crippen molar-refractivity contribution in [2.24, 2.45) is 0 Å². The summed E-state index contributed by atoms with van der Waals surface area (Å²) in [5.41, 5.74) is 2.82. The Morgan fingerprint density at radius 1 is 1.11 bits per heavy atom. The van der Waals surface area contributed by atoms with Crippen molar-refractivity contribution in [2.45, 2.75) is 4.90 Å². The van der Waals surface area contributed by atoms with Gasteiger partial charge in [0.2, 0.25) is 0 Å². The van der Waals surface area contributed by atoms with Crippen LogP contribution in [0.5, 0.6) is 0 Å². The van der Waals surface area contributed by atoms with Crippen molar-refractivity contribution in [3.63, 3.8) is 0 Å². The van der Waals surface area contributed by atoms with E-state index in [2.05, 4.69) is 5.32 Å². The number of nitro groups is 1. The zero-order valence-electron chi connectivity index (χ0n) is 9.87. The van der Waals surface area contributed by atoms with Crippen molar-refractivity contribution >= 4 is 28.8 Å². The van der Waals surface area contributed by atoms with Gasteiger partial charge in [0.05, 0.1) is 16.3 Å². The molecule has 19 heavy (non-hydrogen) atoms. The normalized spacial score (nSPS) is 13.2. The number of anilines is 1. The Labute approximate surface area is 114 Å². The summed E-state index contributed by atoms with van der Waals surface area (Å²) in [4.78, 5) is 11.6. The number of nitrogens with one attached hydrogen (secondary N) is 1. The average molecular weight is 270 g/mol. The van der Waals surface area contributed by atoms with E-state index in [9.17, 15) is 10.1 Å². The fraction of sp³-hybridized carbons (Fsp3) is 0. The maximum absolute atomic E-state index is 10.8. The molecule has 0 radical (unpaired) electrons. The van der Waals surface area contributed by atoms with E-state index in [4.69, 9.17) is 0 Å². The summed E-state index contributed by atoms with van der Waals surface area (Å²) < 4.78 is 0. The van der Waals surface area contributed by atoms with Gasteiger partial charge in [-0.2, -0.15) is 0 Å². The average Bonchev–Trinajstić information content (AvgIpc) is 2.47. The van der Waals surface area contributed by atoms with E-state index in [0.29, 0.717) is 0 Å². The molecular weight excluding hydrogens is 260 g/mol. The SMILES string of the molecule is O=[N+]([O-])c1cccc(C2=CSc3ccccc3N2)c1. The lowest BCUT2D eigenvalue weighted by Crippen LogP contribution is -2.03. The quantitative estimate of drug-likeness (QED) is 0.659. The third kappa shape index (κ3) is 2.32. The first-order valence-electron chi connectivity index (χ1n) is 5.72. The second-order valence-electron chi connectivity index (χ2n) is 4.08. The van der Waals surface area contributed by atoms with Crippen molar-refractivity contribution in [1.82, 2.24) is 0 Å². The summed E-state index contributed by atoms with van der Waals surface area (Å²) in [6, 6.07) is 14.6. The Morgan fingerprint density at radius 2 is 1.95 bits per heavy atom. The number of thioether (sulfide) groups is 1. The lowest BCUT2D eigenvalue weighted by molar-refractivity contribution is -0.384. The Hall–Kier alpha value is -2.27. The molecular formula is C14H10N2O2S. The summed E-state index contributed by atoms with van der Waals surface area (Å²) in [6.45, 7) is 0. The zero-order valence-corrected chi connectivity index (χ0v) is 10.7. The Bertz CT molecular complexity index is 683. The molecule has 1 N–H and O–H groups in total. The summed E-state index contributed by atoms with van der Waals surface area (Å²) in [7, 11) is 0. The minimum Gasteiger partial charge on any atom is -0.354 e. The minimum atomic E-state index is -0.381. The first-order chi connectivity index (χ1) is 9.24. The third-order valence-electron chi connectivity index (χ3n) is 2.83. The van der Waals surface area contributed by atoms with E-state index < -0.39 is 0 Å². The highest BCUT2D eigenvalue weighted by molar-refractivity contribution is 8.02. The van der Waals surface area contributed by atoms with Crippen LogP contribution in [0.25, 0.3) is 5.70 Å². The van der Waals surface area contributed by atoms with Crippen LogP contribution >= 0.6 is 11.8 Å². The van der Waals surface area contributed by atoms with E-state index in [1.165, 1.54) is 6.07 Å². The van der Waals surface area contributed by atoms with E-state index in [0.717, 1.165) is 21.8 Å². The van der Waals surface area contributed by atoms with Gasteiger partial charge in [-0.1, -0.05) is 36.0 Å². The molecule has 1 heterocycles. The molecule has 0 saturated carbocycles. The lowest BCUT2D eigenvalue weighted by Gasteiger charge is -2.18. The van der Waals surface area contributed by atoms with Gasteiger partial charge in [0.15, 0.2) is 0 Å². The topological polar surface area (TPSA) is 55.2 Å². The van der Waals surface area contributed by atoms with Gasteiger partial charge >= 0.3 is 0 Å². The van der Waals surface area contributed by atoms with Crippen LogP contribution in [0.2, 0.25) is 0 Å². The van der Waals surface area contributed by atoms with Crippen molar-refractivity contribution in [3.8, 4) is 0 Å². The number of nitrogens with zero attached hydrogens (tertiary/aromatic N) is 1. The molecule has 3 rings (SSSR count). The van der Waals surface area contributed by atoms with Gasteiger partial charge in [0, 0.05) is 28.0 Å². The predicted octanol–water partition coefficient (Wildman–Crippen LogP) is 4.11. The van der Waals surface area contributed by atoms with Gasteiger partial charge < -0.3 is 5.32 Å². The number of hydrogen-bond acceptors (Lipinski definition) is 4. The van der Waals surface area contributed by atoms with Gasteiger partial charge in [-0.15, -0.1) is 0 Å². The maximum atomic E-state index is 10.8. The van der Waals surface area contributed by atoms with Crippen LogP contribution < -0.4 is 5.32 Å². The Kier molecular flexibility index (Phi) is 2.97. The van der Waals surface area contributed by atoms with Crippen LogP contribution in [-0.2, 0) is 0 Å². The molecule has 0 unspecified atom stereocenters. The number of rotatable bonds is 2. The predicted molar refractivity (Wildman–Crippen MR) is 77.0 cm³/mol. The second-order valence-corrected chi connectivity index (χ2v) is 4.99. The van der Waals surface area contributed by atoms with Gasteiger partial charge in [-0.25, -0.2) is 0 Å². The third-order valence-corrected chi connectivity index (χ3v) is 3.79. The largest absolute Gasteiger partial charge is 0.354 e. The zero-order chi connectivity index (χ0) is 13.2. The lowest BCUT2D eigenvalue weighted by atomic mass is 10.1. The van der Waals surface area contributed by atoms with Gasteiger partial charge in [-0.05, 0) is 12.1 Å². The first kappa shape index (κ1) is 11.8. The van der Waals surface area contributed by atoms with Crippen molar-refractivity contribution in [3.05, 3.63) is 69.6 Å². The molecule has 0 aliphatic carbocycles. The highest BCUT2D eigenvalue weighted by Gasteiger charge is 2.14. The molecule has 0 spiro atoms. The van der Waals surface area contributed by atoms with Crippen LogP contribution in [-0.4, -0.2) is 4.92 Å². The molecule has 94 valence electrons. The standard InChI is InChI=1S/C14H10N2O2S/c17-16(18)11-5-3-4-10(8-11)13-9-19-14-7-2-1-6-12(14)15-13/h1-9,15H. The molecule has 1 aliphatic heterocycles. The Balaban J connectivity index is 1.95. The summed E-state index contributed by atoms with van der Waals surface area (Å²) >= 11 is 1.61. The van der Waals surface area contributed by atoms with E-state index >= 15 is 0 Å². The number of non-ortho nitro benzene ring substituents is 1. The van der Waals surface area contributed by atoms with Crippen molar-refractivity contribution in [2.75, 3.05) is 5.32 Å². The molecule has 5 heteroatoms. The highest BCUT2D eigenvalue weighted by Crippen LogP contribution is 2.37. The van der Waals surface area contributed by atoms with Crippen LogP contribution in [0.1, 0.15) is 5.56 Å². The molecule has 0 atom stereocenters. The maximum Gasteiger partial charge on any atom is 0.270 e. The van der Waals surface area contributed by atoms with Crippen molar-refractivity contribution in [1.29, 1.82) is 0 Å². The van der Waals surface area contributed by atoms with Gasteiger partial charge in [0.25, 0.3) is 5.69 Å². The number of hydrogen-bond donors (Lipinski definition) is 1. The molecule has 0 fully saturated rings. The van der Waals surface area contributed by atoms with Gasteiger partial charge in [0.1, 0.15) is 0 Å². The number of fused-ring (bicyclic) bond motifs is 1. The molecule has 0 aromatic heterocycles. The summed E-state index contributed by atoms with van der Waals surface area (Å²) in [6.07, 6.45) is 0. The molecule has 2 aromatic carbocycles. The second kappa shape index (κ2) is 4.78. The van der Waals surface area contributed by atoms with E-state index in [1.54, 1.807) is 23.9 Å². The fourth-order valence-electron chi connectivity index (χ4n) is 1.90. The fourth-order valence-corrected chi connectivity index (χ4v) is 2.74. The van der Waals surface area contributed by atoms with Gasteiger partial charge in [-0.3, -0.25) is 10.1 Å². The Morgan fingerprint density at radius 3 is 2.79 bits per heavy atom. The highest BCUT2D eigenvalue weighted by atomic mass is 32.2. The number of para-hydroxylation sites is 1. The summed E-state index contributed by atoms with van der Waals surface area (Å²) in [5, 5.41) is 16.1. The van der Waals surface area contributed by atoms with Crippen LogP contribution in [0.4, 0.5) is 11.4 Å². The summed E-state index contributed by atoms with van der Waals surface area (Å²) in [5.74, 6) is 0. The molecule has 4 nitrogen and oxygen atoms in total.